The van der Waals surface area contributed by atoms with Gasteiger partial charge in [-0.3, -0.25) is 0 Å². The zero-order valence-corrected chi connectivity index (χ0v) is 11.0. The van der Waals surface area contributed by atoms with Gasteiger partial charge in [-0.2, -0.15) is 11.8 Å². The molecule has 16 heavy (non-hydrogen) atoms. The maximum atomic E-state index is 13.2. The molecule has 0 fully saturated rings. The van der Waals surface area contributed by atoms with Gasteiger partial charge in [0.1, 0.15) is 5.82 Å². The molecule has 0 aliphatic rings. The van der Waals surface area contributed by atoms with Crippen LogP contribution in [0.4, 0.5) is 4.39 Å². The Labute approximate surface area is 106 Å². The quantitative estimate of drug-likeness (QED) is 0.794. The van der Waals surface area contributed by atoms with E-state index in [2.05, 4.69) is 6.92 Å². The Morgan fingerprint density at radius 2 is 2.25 bits per heavy atom. The molecule has 0 radical (unpaired) electrons. The molecule has 1 aromatic rings. The third-order valence-corrected chi connectivity index (χ3v) is 3.83. The van der Waals surface area contributed by atoms with Crippen LogP contribution in [0.5, 0.6) is 0 Å². The van der Waals surface area contributed by atoms with Gasteiger partial charge >= 0.3 is 0 Å². The summed E-state index contributed by atoms with van der Waals surface area (Å²) < 4.78 is 13.2. The lowest BCUT2D eigenvalue weighted by Gasteiger charge is -2.11. The standard InChI is InChI=1S/C12H17ClFNS/c1-2-5-16-8-10(15)6-9-3-4-11(13)12(14)7-9/h3-4,7,10H,2,5-6,8,15H2,1H3. The SMILES string of the molecule is CCCSCC(N)Cc1ccc(Cl)c(F)c1. The maximum Gasteiger partial charge on any atom is 0.142 e. The van der Waals surface area contributed by atoms with Crippen molar-refractivity contribution in [3.05, 3.63) is 34.6 Å². The molecule has 0 saturated heterocycles. The molecule has 0 aliphatic heterocycles. The van der Waals surface area contributed by atoms with E-state index in [1.165, 1.54) is 6.07 Å². The van der Waals surface area contributed by atoms with E-state index in [1.807, 2.05) is 17.8 Å². The molecule has 0 heterocycles. The molecule has 0 saturated carbocycles. The Morgan fingerprint density at radius 3 is 2.88 bits per heavy atom. The predicted octanol–water partition coefficient (Wildman–Crippen LogP) is 3.49. The fourth-order valence-corrected chi connectivity index (χ4v) is 2.40. The van der Waals surface area contributed by atoms with Gasteiger partial charge < -0.3 is 5.73 Å². The highest BCUT2D eigenvalue weighted by molar-refractivity contribution is 7.99. The van der Waals surface area contributed by atoms with Crippen molar-refractivity contribution in [2.24, 2.45) is 5.73 Å². The molecule has 1 nitrogen and oxygen atoms in total. The second-order valence-electron chi connectivity index (χ2n) is 3.79. The van der Waals surface area contributed by atoms with Gasteiger partial charge in [-0.15, -0.1) is 0 Å². The molecule has 90 valence electrons. The average Bonchev–Trinajstić information content (AvgIpc) is 2.24. The summed E-state index contributed by atoms with van der Waals surface area (Å²) in [6.45, 7) is 2.15. The highest BCUT2D eigenvalue weighted by Crippen LogP contribution is 2.17. The fourth-order valence-electron chi connectivity index (χ4n) is 1.41. The monoisotopic (exact) mass is 261 g/mol. The fraction of sp³-hybridized carbons (Fsp3) is 0.500. The molecule has 1 aromatic carbocycles. The van der Waals surface area contributed by atoms with Crippen LogP contribution in [-0.4, -0.2) is 17.5 Å². The van der Waals surface area contributed by atoms with Crippen LogP contribution in [-0.2, 0) is 6.42 Å². The molecule has 0 amide bonds. The van der Waals surface area contributed by atoms with Crippen LogP contribution < -0.4 is 5.73 Å². The lowest BCUT2D eigenvalue weighted by atomic mass is 10.1. The van der Waals surface area contributed by atoms with Gasteiger partial charge in [0.2, 0.25) is 0 Å². The van der Waals surface area contributed by atoms with E-state index < -0.39 is 0 Å². The number of nitrogens with two attached hydrogens (primary N) is 1. The number of hydrogen-bond donors (Lipinski definition) is 1. The van der Waals surface area contributed by atoms with Crippen LogP contribution in [0.15, 0.2) is 18.2 Å². The number of benzene rings is 1. The summed E-state index contributed by atoms with van der Waals surface area (Å²) in [6, 6.07) is 4.96. The van der Waals surface area contributed by atoms with E-state index in [9.17, 15) is 4.39 Å². The third-order valence-electron chi connectivity index (χ3n) is 2.16. The highest BCUT2D eigenvalue weighted by Gasteiger charge is 2.06. The minimum absolute atomic E-state index is 0.0807. The zero-order chi connectivity index (χ0) is 12.0. The second kappa shape index (κ2) is 7.15. The molecule has 0 spiro atoms. The van der Waals surface area contributed by atoms with Crippen molar-refractivity contribution in [1.29, 1.82) is 0 Å². The van der Waals surface area contributed by atoms with Crippen LogP contribution in [0.2, 0.25) is 5.02 Å². The normalized spacial score (nSPS) is 12.8. The Balaban J connectivity index is 2.43. The van der Waals surface area contributed by atoms with Crippen LogP contribution in [0, 0.1) is 5.82 Å². The van der Waals surface area contributed by atoms with E-state index >= 15 is 0 Å². The van der Waals surface area contributed by atoms with Gasteiger partial charge in [0.15, 0.2) is 0 Å². The van der Waals surface area contributed by atoms with Crippen molar-refractivity contribution in [1.82, 2.24) is 0 Å². The minimum atomic E-state index is -0.368. The van der Waals surface area contributed by atoms with Gasteiger partial charge in [0, 0.05) is 11.8 Å². The topological polar surface area (TPSA) is 26.0 Å². The highest BCUT2D eigenvalue weighted by atomic mass is 35.5. The van der Waals surface area contributed by atoms with Crippen molar-refractivity contribution in [3.63, 3.8) is 0 Å². The molecule has 1 rings (SSSR count). The number of thioether (sulfide) groups is 1. The molecular weight excluding hydrogens is 245 g/mol. The van der Waals surface area contributed by atoms with Crippen LogP contribution in [0.1, 0.15) is 18.9 Å². The van der Waals surface area contributed by atoms with Crippen LogP contribution in [0.3, 0.4) is 0 Å². The summed E-state index contributed by atoms with van der Waals surface area (Å²) >= 11 is 7.45. The zero-order valence-electron chi connectivity index (χ0n) is 9.38. The van der Waals surface area contributed by atoms with Gasteiger partial charge in [-0.05, 0) is 36.3 Å². The van der Waals surface area contributed by atoms with E-state index in [-0.39, 0.29) is 16.9 Å². The summed E-state index contributed by atoms with van der Waals surface area (Å²) in [6.07, 6.45) is 1.86. The molecule has 4 heteroatoms. The van der Waals surface area contributed by atoms with Crippen molar-refractivity contribution < 1.29 is 4.39 Å². The first-order valence-corrected chi connectivity index (χ1v) is 6.94. The van der Waals surface area contributed by atoms with Gasteiger partial charge in [0.25, 0.3) is 0 Å². The molecule has 1 atom stereocenters. The van der Waals surface area contributed by atoms with Crippen molar-refractivity contribution in [2.75, 3.05) is 11.5 Å². The summed E-state index contributed by atoms with van der Waals surface area (Å²) in [5.74, 6) is 1.67. The molecule has 0 bridgehead atoms. The number of rotatable bonds is 6. The van der Waals surface area contributed by atoms with Crippen molar-refractivity contribution in [3.8, 4) is 0 Å². The van der Waals surface area contributed by atoms with Crippen LogP contribution >= 0.6 is 23.4 Å². The van der Waals surface area contributed by atoms with E-state index in [4.69, 9.17) is 17.3 Å². The van der Waals surface area contributed by atoms with E-state index in [1.54, 1.807) is 6.07 Å². The predicted molar refractivity (Wildman–Crippen MR) is 70.7 cm³/mol. The maximum absolute atomic E-state index is 13.2. The molecular formula is C12H17ClFNS. The minimum Gasteiger partial charge on any atom is -0.327 e. The van der Waals surface area contributed by atoms with Crippen LogP contribution in [0.25, 0.3) is 0 Å². The lowest BCUT2D eigenvalue weighted by molar-refractivity contribution is 0.623. The first kappa shape index (κ1) is 13.8. The summed E-state index contributed by atoms with van der Waals surface area (Å²) in [4.78, 5) is 0. The van der Waals surface area contributed by atoms with Gasteiger partial charge in [0.05, 0.1) is 5.02 Å². The molecule has 0 aromatic heterocycles. The van der Waals surface area contributed by atoms with Crippen molar-refractivity contribution >= 4 is 23.4 Å². The summed E-state index contributed by atoms with van der Waals surface area (Å²) in [5.41, 5.74) is 6.87. The summed E-state index contributed by atoms with van der Waals surface area (Å²) in [7, 11) is 0. The first-order chi connectivity index (χ1) is 7.63. The average molecular weight is 262 g/mol. The molecule has 1 unspecified atom stereocenters. The van der Waals surface area contributed by atoms with E-state index in [0.29, 0.717) is 6.42 Å². The number of halogens is 2. The largest absolute Gasteiger partial charge is 0.327 e. The Kier molecular flexibility index (Phi) is 6.17. The van der Waals surface area contributed by atoms with Crippen molar-refractivity contribution in [2.45, 2.75) is 25.8 Å². The van der Waals surface area contributed by atoms with Gasteiger partial charge in [-0.25, -0.2) is 4.39 Å². The third kappa shape index (κ3) is 4.73. The molecule has 2 N–H and O–H groups in total. The van der Waals surface area contributed by atoms with E-state index in [0.717, 1.165) is 23.5 Å². The Morgan fingerprint density at radius 1 is 1.50 bits per heavy atom. The first-order valence-electron chi connectivity index (χ1n) is 5.40. The molecule has 0 aliphatic carbocycles. The number of hydrogen-bond acceptors (Lipinski definition) is 2. The summed E-state index contributed by atoms with van der Waals surface area (Å²) in [5, 5.41) is 0.165. The van der Waals surface area contributed by atoms with Gasteiger partial charge in [-0.1, -0.05) is 24.6 Å². The Bertz CT molecular complexity index is 333. The second-order valence-corrected chi connectivity index (χ2v) is 5.34. The Hall–Kier alpha value is -0.250. The lowest BCUT2D eigenvalue weighted by Crippen LogP contribution is -2.25. The smallest absolute Gasteiger partial charge is 0.142 e.